The third-order valence-electron chi connectivity index (χ3n) is 2.43. The lowest BCUT2D eigenvalue weighted by molar-refractivity contribution is 0.733. The number of nitrogens with one attached hydrogen (secondary N) is 2. The minimum absolute atomic E-state index is 0.954. The van der Waals surface area contributed by atoms with Crippen molar-refractivity contribution in [1.29, 1.82) is 0 Å². The fourth-order valence-corrected chi connectivity index (χ4v) is 1.96. The van der Waals surface area contributed by atoms with E-state index < -0.39 is 0 Å². The Morgan fingerprint density at radius 3 is 3.13 bits per heavy atom. The van der Waals surface area contributed by atoms with E-state index in [0.717, 1.165) is 13.1 Å². The lowest BCUT2D eigenvalue weighted by Gasteiger charge is -2.03. The van der Waals surface area contributed by atoms with E-state index in [1.807, 2.05) is 18.0 Å². The first-order chi connectivity index (χ1) is 7.40. The van der Waals surface area contributed by atoms with Crippen LogP contribution in [-0.2, 0) is 6.54 Å². The largest absolute Gasteiger partial charge is 0.361 e. The Balaban J connectivity index is 1.96. The van der Waals surface area contributed by atoms with Crippen molar-refractivity contribution in [2.75, 3.05) is 18.6 Å². The van der Waals surface area contributed by atoms with Crippen LogP contribution in [-0.4, -0.2) is 23.5 Å². The Morgan fingerprint density at radius 2 is 2.27 bits per heavy atom. The monoisotopic (exact) mass is 220 g/mol. The molecule has 2 rings (SSSR count). The lowest BCUT2D eigenvalue weighted by Crippen LogP contribution is -2.16. The van der Waals surface area contributed by atoms with Crippen LogP contribution < -0.4 is 5.32 Å². The van der Waals surface area contributed by atoms with Crippen LogP contribution in [0.2, 0.25) is 0 Å². The summed E-state index contributed by atoms with van der Waals surface area (Å²) in [4.78, 5) is 3.23. The number of rotatable bonds is 5. The maximum atomic E-state index is 3.42. The van der Waals surface area contributed by atoms with E-state index >= 15 is 0 Å². The third-order valence-corrected chi connectivity index (χ3v) is 3.04. The number of aromatic nitrogens is 1. The number of fused-ring (bicyclic) bond motifs is 1. The molecular weight excluding hydrogens is 204 g/mol. The van der Waals surface area contributed by atoms with Crippen molar-refractivity contribution in [2.24, 2.45) is 0 Å². The van der Waals surface area contributed by atoms with Gasteiger partial charge in [0.25, 0.3) is 0 Å². The molecule has 0 saturated heterocycles. The molecule has 15 heavy (non-hydrogen) atoms. The van der Waals surface area contributed by atoms with Gasteiger partial charge in [0.05, 0.1) is 0 Å². The molecule has 3 heteroatoms. The summed E-state index contributed by atoms with van der Waals surface area (Å²) >= 11 is 1.87. The van der Waals surface area contributed by atoms with Gasteiger partial charge in [0.2, 0.25) is 0 Å². The van der Waals surface area contributed by atoms with Gasteiger partial charge in [-0.1, -0.05) is 12.1 Å². The van der Waals surface area contributed by atoms with Crippen LogP contribution in [0.4, 0.5) is 0 Å². The molecule has 0 atom stereocenters. The van der Waals surface area contributed by atoms with Crippen molar-refractivity contribution in [3.05, 3.63) is 36.0 Å². The Hall–Kier alpha value is -0.930. The molecule has 2 aromatic rings. The van der Waals surface area contributed by atoms with E-state index in [0.29, 0.717) is 0 Å². The van der Waals surface area contributed by atoms with Crippen molar-refractivity contribution < 1.29 is 0 Å². The van der Waals surface area contributed by atoms with E-state index in [1.165, 1.54) is 22.2 Å². The number of benzene rings is 1. The number of hydrogen-bond acceptors (Lipinski definition) is 2. The van der Waals surface area contributed by atoms with E-state index in [-0.39, 0.29) is 0 Å². The van der Waals surface area contributed by atoms with Crippen molar-refractivity contribution >= 4 is 22.7 Å². The SMILES string of the molecule is CSCCNCc1ccc2cc[nH]c2c1. The first-order valence-electron chi connectivity index (χ1n) is 5.16. The Labute approximate surface area is 94.5 Å². The highest BCUT2D eigenvalue weighted by Crippen LogP contribution is 2.13. The molecule has 0 radical (unpaired) electrons. The summed E-state index contributed by atoms with van der Waals surface area (Å²) < 4.78 is 0. The molecule has 2 nitrogen and oxygen atoms in total. The standard InChI is InChI=1S/C12H16N2S/c1-15-7-6-13-9-10-2-3-11-4-5-14-12(11)8-10/h2-5,8,13-14H,6-7,9H2,1H3. The minimum atomic E-state index is 0.954. The smallest absolute Gasteiger partial charge is 0.0457 e. The van der Waals surface area contributed by atoms with E-state index in [9.17, 15) is 0 Å². The zero-order chi connectivity index (χ0) is 10.5. The van der Waals surface area contributed by atoms with E-state index in [2.05, 4.69) is 40.8 Å². The van der Waals surface area contributed by atoms with Crippen molar-refractivity contribution in [1.82, 2.24) is 10.3 Å². The number of thioether (sulfide) groups is 1. The van der Waals surface area contributed by atoms with Crippen molar-refractivity contribution in [3.63, 3.8) is 0 Å². The number of H-pyrrole nitrogens is 1. The predicted molar refractivity (Wildman–Crippen MR) is 68.4 cm³/mol. The second kappa shape index (κ2) is 5.24. The molecule has 1 heterocycles. The molecule has 0 saturated carbocycles. The van der Waals surface area contributed by atoms with E-state index in [1.54, 1.807) is 0 Å². The predicted octanol–water partition coefficient (Wildman–Crippen LogP) is 2.62. The molecule has 0 aliphatic rings. The molecule has 1 aromatic carbocycles. The van der Waals surface area contributed by atoms with E-state index in [4.69, 9.17) is 0 Å². The number of aromatic amines is 1. The van der Waals surface area contributed by atoms with Gasteiger partial charge < -0.3 is 10.3 Å². The van der Waals surface area contributed by atoms with Gasteiger partial charge in [-0.05, 0) is 29.3 Å². The summed E-state index contributed by atoms with van der Waals surface area (Å²) in [6.45, 7) is 2.03. The highest BCUT2D eigenvalue weighted by Gasteiger charge is 1.96. The second-order valence-electron chi connectivity index (χ2n) is 3.57. The Morgan fingerprint density at radius 1 is 1.33 bits per heavy atom. The molecule has 0 aliphatic carbocycles. The fourth-order valence-electron chi connectivity index (χ4n) is 1.61. The van der Waals surface area contributed by atoms with Crippen LogP contribution in [0.5, 0.6) is 0 Å². The molecule has 1 aromatic heterocycles. The molecule has 0 amide bonds. The Kier molecular flexibility index (Phi) is 3.69. The lowest BCUT2D eigenvalue weighted by atomic mass is 10.1. The average Bonchev–Trinajstić information content (AvgIpc) is 2.71. The van der Waals surface area contributed by atoms with Crippen molar-refractivity contribution in [3.8, 4) is 0 Å². The van der Waals surface area contributed by atoms with Crippen LogP contribution in [0.15, 0.2) is 30.5 Å². The molecule has 2 N–H and O–H groups in total. The first-order valence-corrected chi connectivity index (χ1v) is 6.55. The van der Waals surface area contributed by atoms with Gasteiger partial charge >= 0.3 is 0 Å². The summed E-state index contributed by atoms with van der Waals surface area (Å²) in [7, 11) is 0. The van der Waals surface area contributed by atoms with Gasteiger partial charge in [0.1, 0.15) is 0 Å². The highest BCUT2D eigenvalue weighted by molar-refractivity contribution is 7.98. The quantitative estimate of drug-likeness (QED) is 0.758. The number of hydrogen-bond donors (Lipinski definition) is 2. The highest BCUT2D eigenvalue weighted by atomic mass is 32.2. The summed E-state index contributed by atoms with van der Waals surface area (Å²) in [5, 5.41) is 4.71. The normalized spacial score (nSPS) is 11.0. The first kappa shape index (κ1) is 10.6. The van der Waals surface area contributed by atoms with Crippen LogP contribution in [0.25, 0.3) is 10.9 Å². The summed E-state index contributed by atoms with van der Waals surface area (Å²) in [6, 6.07) is 8.65. The maximum Gasteiger partial charge on any atom is 0.0457 e. The fraction of sp³-hybridized carbons (Fsp3) is 0.333. The molecule has 0 spiro atoms. The molecule has 80 valence electrons. The van der Waals surface area contributed by atoms with Gasteiger partial charge in [-0.15, -0.1) is 0 Å². The van der Waals surface area contributed by atoms with Gasteiger partial charge in [0.15, 0.2) is 0 Å². The summed E-state index contributed by atoms with van der Waals surface area (Å²) in [6.07, 6.45) is 4.11. The van der Waals surface area contributed by atoms with Crippen LogP contribution in [0, 0.1) is 0 Å². The van der Waals surface area contributed by atoms with Gasteiger partial charge in [0, 0.05) is 30.6 Å². The topological polar surface area (TPSA) is 27.8 Å². The van der Waals surface area contributed by atoms with Crippen LogP contribution in [0.1, 0.15) is 5.56 Å². The second-order valence-corrected chi connectivity index (χ2v) is 4.55. The zero-order valence-corrected chi connectivity index (χ0v) is 9.73. The van der Waals surface area contributed by atoms with Gasteiger partial charge in [-0.3, -0.25) is 0 Å². The van der Waals surface area contributed by atoms with Crippen molar-refractivity contribution in [2.45, 2.75) is 6.54 Å². The molecular formula is C12H16N2S. The molecule has 0 unspecified atom stereocenters. The summed E-state index contributed by atoms with van der Waals surface area (Å²) in [5.74, 6) is 1.17. The van der Waals surface area contributed by atoms with Gasteiger partial charge in [-0.25, -0.2) is 0 Å². The maximum absolute atomic E-state index is 3.42. The summed E-state index contributed by atoms with van der Waals surface area (Å²) in [5.41, 5.74) is 2.56. The molecule has 0 bridgehead atoms. The van der Waals surface area contributed by atoms with Gasteiger partial charge in [-0.2, -0.15) is 11.8 Å². The van der Waals surface area contributed by atoms with Crippen LogP contribution in [0.3, 0.4) is 0 Å². The average molecular weight is 220 g/mol. The third kappa shape index (κ3) is 2.76. The minimum Gasteiger partial charge on any atom is -0.361 e. The Bertz CT molecular complexity index is 422. The molecule has 0 fully saturated rings. The zero-order valence-electron chi connectivity index (χ0n) is 8.92. The van der Waals surface area contributed by atoms with Crippen LogP contribution >= 0.6 is 11.8 Å². The molecule has 0 aliphatic heterocycles.